The zero-order chi connectivity index (χ0) is 17.1. The molecule has 1 heterocycles. The molecule has 0 amide bonds. The Morgan fingerprint density at radius 1 is 1.17 bits per heavy atom. The van der Waals surface area contributed by atoms with Crippen LogP contribution in [0, 0.1) is 17.0 Å². The number of hydrogen-bond donors (Lipinski definition) is 0. The van der Waals surface area contributed by atoms with Crippen molar-refractivity contribution in [1.29, 1.82) is 0 Å². The SMILES string of the molecule is Cc1ccc(N=Cc2cccn2-c2ccc(Br)cc2)c([N+](=O)[O-])c1. The molecule has 0 bridgehead atoms. The summed E-state index contributed by atoms with van der Waals surface area (Å²) < 4.78 is 2.97. The smallest absolute Gasteiger partial charge is 0.295 e. The molecule has 120 valence electrons. The maximum atomic E-state index is 11.2. The van der Waals surface area contributed by atoms with Crippen LogP contribution in [-0.4, -0.2) is 15.7 Å². The van der Waals surface area contributed by atoms with Crippen molar-refractivity contribution in [1.82, 2.24) is 4.57 Å². The van der Waals surface area contributed by atoms with Gasteiger partial charge in [0.25, 0.3) is 5.69 Å². The maximum absolute atomic E-state index is 11.2. The third-order valence-corrected chi connectivity index (χ3v) is 4.08. The molecule has 0 atom stereocenters. The van der Waals surface area contributed by atoms with E-state index in [-0.39, 0.29) is 5.69 Å². The van der Waals surface area contributed by atoms with E-state index in [1.54, 1.807) is 12.3 Å². The molecule has 1 aromatic heterocycles. The van der Waals surface area contributed by atoms with Gasteiger partial charge in [0.05, 0.1) is 16.8 Å². The van der Waals surface area contributed by atoms with Crippen LogP contribution in [-0.2, 0) is 0 Å². The highest BCUT2D eigenvalue weighted by atomic mass is 79.9. The maximum Gasteiger partial charge on any atom is 0.295 e. The summed E-state index contributed by atoms with van der Waals surface area (Å²) in [5.41, 5.74) is 3.01. The molecule has 0 aliphatic rings. The number of aromatic nitrogens is 1. The van der Waals surface area contributed by atoms with Gasteiger partial charge in [-0.2, -0.15) is 0 Å². The fraction of sp³-hybridized carbons (Fsp3) is 0.0556. The van der Waals surface area contributed by atoms with E-state index in [9.17, 15) is 10.1 Å². The monoisotopic (exact) mass is 383 g/mol. The van der Waals surface area contributed by atoms with Crippen LogP contribution in [0.3, 0.4) is 0 Å². The van der Waals surface area contributed by atoms with E-state index in [0.29, 0.717) is 5.69 Å². The van der Waals surface area contributed by atoms with Gasteiger partial charge in [0.1, 0.15) is 5.69 Å². The quantitative estimate of drug-likeness (QED) is 0.352. The van der Waals surface area contributed by atoms with Crippen LogP contribution in [0.4, 0.5) is 11.4 Å². The number of hydrogen-bond acceptors (Lipinski definition) is 3. The third-order valence-electron chi connectivity index (χ3n) is 3.55. The summed E-state index contributed by atoms with van der Waals surface area (Å²) in [5.74, 6) is 0. The molecule has 0 saturated heterocycles. The van der Waals surface area contributed by atoms with Gasteiger partial charge in [-0.25, -0.2) is 4.99 Å². The molecular weight excluding hydrogens is 370 g/mol. The summed E-state index contributed by atoms with van der Waals surface area (Å²) in [7, 11) is 0. The number of nitro benzene ring substituents is 1. The van der Waals surface area contributed by atoms with Gasteiger partial charge in [0.2, 0.25) is 0 Å². The zero-order valence-corrected chi connectivity index (χ0v) is 14.5. The molecule has 0 radical (unpaired) electrons. The fourth-order valence-corrected chi connectivity index (χ4v) is 2.63. The minimum absolute atomic E-state index is 0.00741. The molecule has 3 aromatic rings. The van der Waals surface area contributed by atoms with Gasteiger partial charge >= 0.3 is 0 Å². The molecule has 6 heteroatoms. The van der Waals surface area contributed by atoms with E-state index < -0.39 is 4.92 Å². The van der Waals surface area contributed by atoms with Gasteiger partial charge in [-0.1, -0.05) is 22.0 Å². The molecule has 0 aliphatic heterocycles. The molecule has 3 rings (SSSR count). The molecule has 0 N–H and O–H groups in total. The van der Waals surface area contributed by atoms with E-state index in [2.05, 4.69) is 20.9 Å². The van der Waals surface area contributed by atoms with E-state index in [0.717, 1.165) is 21.4 Å². The van der Waals surface area contributed by atoms with Gasteiger partial charge in [0, 0.05) is 22.4 Å². The first kappa shape index (κ1) is 16.1. The first-order chi connectivity index (χ1) is 11.5. The lowest BCUT2D eigenvalue weighted by molar-refractivity contribution is -0.384. The summed E-state index contributed by atoms with van der Waals surface area (Å²) in [4.78, 5) is 15.1. The molecule has 0 fully saturated rings. The zero-order valence-electron chi connectivity index (χ0n) is 12.9. The lowest BCUT2D eigenvalue weighted by atomic mass is 10.2. The van der Waals surface area contributed by atoms with Gasteiger partial charge < -0.3 is 4.57 Å². The second-order valence-electron chi connectivity index (χ2n) is 5.29. The first-order valence-corrected chi connectivity index (χ1v) is 8.06. The minimum atomic E-state index is -0.409. The van der Waals surface area contributed by atoms with Crippen molar-refractivity contribution in [3.8, 4) is 5.69 Å². The summed E-state index contributed by atoms with van der Waals surface area (Å²) in [6.45, 7) is 1.82. The van der Waals surface area contributed by atoms with Gasteiger partial charge in [-0.3, -0.25) is 10.1 Å². The van der Waals surface area contributed by atoms with Crippen molar-refractivity contribution < 1.29 is 4.92 Å². The Morgan fingerprint density at radius 3 is 2.62 bits per heavy atom. The Labute approximate surface area is 147 Å². The molecule has 0 unspecified atom stereocenters. The average molecular weight is 384 g/mol. The van der Waals surface area contributed by atoms with Crippen molar-refractivity contribution in [2.75, 3.05) is 0 Å². The highest BCUT2D eigenvalue weighted by Crippen LogP contribution is 2.28. The summed E-state index contributed by atoms with van der Waals surface area (Å²) in [5, 5.41) is 11.2. The summed E-state index contributed by atoms with van der Waals surface area (Å²) in [6, 6.07) is 16.7. The highest BCUT2D eigenvalue weighted by Gasteiger charge is 2.12. The molecule has 0 aliphatic carbocycles. The molecule has 2 aromatic carbocycles. The van der Waals surface area contributed by atoms with E-state index >= 15 is 0 Å². The topological polar surface area (TPSA) is 60.4 Å². The Morgan fingerprint density at radius 2 is 1.92 bits per heavy atom. The van der Waals surface area contributed by atoms with Crippen molar-refractivity contribution in [2.24, 2.45) is 4.99 Å². The van der Waals surface area contributed by atoms with E-state index in [1.807, 2.05) is 60.2 Å². The Hall–Kier alpha value is -2.73. The lowest BCUT2D eigenvalue weighted by Crippen LogP contribution is -1.97. The van der Waals surface area contributed by atoms with Gasteiger partial charge in [0.15, 0.2) is 0 Å². The Bertz CT molecular complexity index is 914. The molecule has 0 saturated carbocycles. The Kier molecular flexibility index (Phi) is 4.57. The van der Waals surface area contributed by atoms with Crippen molar-refractivity contribution >= 4 is 33.5 Å². The predicted molar refractivity (Wildman–Crippen MR) is 98.6 cm³/mol. The van der Waals surface area contributed by atoms with Crippen LogP contribution >= 0.6 is 15.9 Å². The first-order valence-electron chi connectivity index (χ1n) is 7.27. The number of rotatable bonds is 4. The molecule has 24 heavy (non-hydrogen) atoms. The number of halogens is 1. The number of aryl methyl sites for hydroxylation is 1. The molecular formula is C18H14BrN3O2. The van der Waals surface area contributed by atoms with E-state index in [4.69, 9.17) is 0 Å². The molecule has 5 nitrogen and oxygen atoms in total. The van der Waals surface area contributed by atoms with Crippen molar-refractivity contribution in [3.63, 3.8) is 0 Å². The van der Waals surface area contributed by atoms with Crippen LogP contribution in [0.15, 0.2) is 70.3 Å². The number of nitro groups is 1. The van der Waals surface area contributed by atoms with Crippen molar-refractivity contribution in [3.05, 3.63) is 86.6 Å². The second kappa shape index (κ2) is 6.80. The van der Waals surface area contributed by atoms with Gasteiger partial charge in [-0.15, -0.1) is 0 Å². The standard InChI is InChI=1S/C18H14BrN3O2/c1-13-4-9-17(18(11-13)22(23)24)20-12-16-3-2-10-21(16)15-7-5-14(19)6-8-15/h2-12H,1H3. The van der Waals surface area contributed by atoms with Crippen LogP contribution < -0.4 is 0 Å². The fourth-order valence-electron chi connectivity index (χ4n) is 2.36. The van der Waals surface area contributed by atoms with Crippen LogP contribution in [0.1, 0.15) is 11.3 Å². The van der Waals surface area contributed by atoms with E-state index in [1.165, 1.54) is 6.07 Å². The molecule has 0 spiro atoms. The lowest BCUT2D eigenvalue weighted by Gasteiger charge is -2.06. The predicted octanol–water partition coefficient (Wildman–Crippen LogP) is 5.21. The number of aliphatic imine (C=N–C) groups is 1. The van der Waals surface area contributed by atoms with Crippen LogP contribution in [0.25, 0.3) is 5.69 Å². The minimum Gasteiger partial charge on any atom is -0.316 e. The second-order valence-corrected chi connectivity index (χ2v) is 6.20. The number of nitrogens with zero attached hydrogens (tertiary/aromatic N) is 3. The largest absolute Gasteiger partial charge is 0.316 e. The van der Waals surface area contributed by atoms with Crippen LogP contribution in [0.5, 0.6) is 0 Å². The summed E-state index contributed by atoms with van der Waals surface area (Å²) in [6.07, 6.45) is 3.56. The Balaban J connectivity index is 1.96. The van der Waals surface area contributed by atoms with Crippen molar-refractivity contribution in [2.45, 2.75) is 6.92 Å². The third kappa shape index (κ3) is 3.44. The number of benzene rings is 2. The normalized spacial score (nSPS) is 11.1. The van der Waals surface area contributed by atoms with Crippen LogP contribution in [0.2, 0.25) is 0 Å². The average Bonchev–Trinajstić information content (AvgIpc) is 3.02. The highest BCUT2D eigenvalue weighted by molar-refractivity contribution is 9.10. The summed E-state index contributed by atoms with van der Waals surface area (Å²) >= 11 is 3.42. The van der Waals surface area contributed by atoms with Gasteiger partial charge in [-0.05, 0) is 55.0 Å².